The maximum Gasteiger partial charge on any atom is 0.305 e. The molecular formula is C59H103NO10. The van der Waals surface area contributed by atoms with Gasteiger partial charge in [-0.3, -0.25) is 9.59 Å². The first-order valence-electron chi connectivity index (χ1n) is 28.2. The summed E-state index contributed by atoms with van der Waals surface area (Å²) in [5.41, 5.74) is 0. The summed E-state index contributed by atoms with van der Waals surface area (Å²) in [7, 11) is 0. The zero-order valence-electron chi connectivity index (χ0n) is 44.2. The fourth-order valence-electron chi connectivity index (χ4n) is 8.26. The van der Waals surface area contributed by atoms with Crippen LogP contribution in [0, 0.1) is 0 Å². The van der Waals surface area contributed by atoms with Gasteiger partial charge < -0.3 is 45.1 Å². The van der Waals surface area contributed by atoms with Crippen molar-refractivity contribution >= 4 is 11.9 Å². The van der Waals surface area contributed by atoms with E-state index < -0.39 is 49.5 Å². The summed E-state index contributed by atoms with van der Waals surface area (Å²) in [6.07, 6.45) is 52.9. The highest BCUT2D eigenvalue weighted by Crippen LogP contribution is 2.23. The number of hydrogen-bond acceptors (Lipinski definition) is 10. The third-order valence-corrected chi connectivity index (χ3v) is 12.8. The number of carbonyl (C=O) groups excluding carboxylic acids is 2. The number of amides is 1. The van der Waals surface area contributed by atoms with Crippen LogP contribution < -0.4 is 5.32 Å². The summed E-state index contributed by atoms with van der Waals surface area (Å²) in [5, 5.41) is 54.1. The maximum absolute atomic E-state index is 13.0. The number of hydrogen-bond donors (Lipinski definition) is 6. The first kappa shape index (κ1) is 65.1. The molecule has 1 heterocycles. The lowest BCUT2D eigenvalue weighted by Crippen LogP contribution is -2.60. The van der Waals surface area contributed by atoms with E-state index in [1.807, 2.05) is 6.08 Å². The van der Waals surface area contributed by atoms with Gasteiger partial charge in [-0.1, -0.05) is 170 Å². The van der Waals surface area contributed by atoms with Gasteiger partial charge in [-0.15, -0.1) is 0 Å². The van der Waals surface area contributed by atoms with Crippen LogP contribution in [-0.2, 0) is 23.8 Å². The Balaban J connectivity index is 2.12. The second-order valence-electron chi connectivity index (χ2n) is 19.2. The second-order valence-corrected chi connectivity index (χ2v) is 19.2. The van der Waals surface area contributed by atoms with Crippen molar-refractivity contribution in [1.82, 2.24) is 5.32 Å². The number of aliphatic hydroxyl groups excluding tert-OH is 5. The SMILES string of the molecule is CC/C=C/CC/C=C/CC/C=C/C(O)C(COC1OC(CO)C(O)C(O)C1O)NC(=O)CCCCCCCCC/C=C\C/C=C\CCCCCOC(=O)CCCCCCC/C=C\CCCCCCCC. The molecule has 1 aliphatic rings. The molecule has 1 fully saturated rings. The molecule has 404 valence electrons. The zero-order valence-corrected chi connectivity index (χ0v) is 44.2. The zero-order chi connectivity index (χ0) is 51.0. The van der Waals surface area contributed by atoms with E-state index in [0.29, 0.717) is 25.9 Å². The van der Waals surface area contributed by atoms with Crippen LogP contribution in [0.2, 0.25) is 0 Å². The molecule has 0 aromatic rings. The van der Waals surface area contributed by atoms with Crippen molar-refractivity contribution in [3.05, 3.63) is 72.9 Å². The summed E-state index contributed by atoms with van der Waals surface area (Å²) in [5.74, 6) is -0.260. The topological polar surface area (TPSA) is 175 Å². The smallest absolute Gasteiger partial charge is 0.305 e. The van der Waals surface area contributed by atoms with Crippen LogP contribution in [0.1, 0.15) is 226 Å². The molecule has 11 nitrogen and oxygen atoms in total. The molecule has 70 heavy (non-hydrogen) atoms. The number of allylic oxidation sites excluding steroid dienone is 11. The summed E-state index contributed by atoms with van der Waals surface area (Å²) < 4.78 is 16.6. The second kappa shape index (κ2) is 48.4. The molecule has 0 radical (unpaired) electrons. The van der Waals surface area contributed by atoms with Crippen molar-refractivity contribution in [2.75, 3.05) is 19.8 Å². The van der Waals surface area contributed by atoms with Gasteiger partial charge in [-0.05, 0) is 116 Å². The lowest BCUT2D eigenvalue weighted by Gasteiger charge is -2.40. The van der Waals surface area contributed by atoms with Gasteiger partial charge in [0.05, 0.1) is 32.0 Å². The first-order chi connectivity index (χ1) is 34.2. The fourth-order valence-corrected chi connectivity index (χ4v) is 8.26. The van der Waals surface area contributed by atoms with Crippen LogP contribution in [0.25, 0.3) is 0 Å². The van der Waals surface area contributed by atoms with Crippen LogP contribution in [-0.4, -0.2) is 100 Å². The van der Waals surface area contributed by atoms with Gasteiger partial charge >= 0.3 is 5.97 Å². The lowest BCUT2D eigenvalue weighted by molar-refractivity contribution is -0.302. The molecule has 1 aliphatic heterocycles. The Bertz CT molecular complexity index is 1390. The first-order valence-corrected chi connectivity index (χ1v) is 28.2. The summed E-state index contributed by atoms with van der Waals surface area (Å²) >= 11 is 0. The molecular weight excluding hydrogens is 883 g/mol. The van der Waals surface area contributed by atoms with Crippen molar-refractivity contribution < 1.29 is 49.3 Å². The molecule has 7 atom stereocenters. The number of nitrogens with one attached hydrogen (secondary N) is 1. The quantitative estimate of drug-likeness (QED) is 0.0196. The molecule has 7 unspecified atom stereocenters. The number of aliphatic hydroxyl groups is 5. The summed E-state index contributed by atoms with van der Waals surface area (Å²) in [6.45, 7) is 4.11. The average Bonchev–Trinajstić information content (AvgIpc) is 3.36. The summed E-state index contributed by atoms with van der Waals surface area (Å²) in [4.78, 5) is 25.0. The van der Waals surface area contributed by atoms with Crippen molar-refractivity contribution in [3.8, 4) is 0 Å². The molecule has 0 aromatic heterocycles. The highest BCUT2D eigenvalue weighted by Gasteiger charge is 2.44. The van der Waals surface area contributed by atoms with E-state index in [2.05, 4.69) is 79.9 Å². The maximum atomic E-state index is 13.0. The van der Waals surface area contributed by atoms with E-state index in [4.69, 9.17) is 14.2 Å². The van der Waals surface area contributed by atoms with Crippen molar-refractivity contribution in [3.63, 3.8) is 0 Å². The Morgan fingerprint density at radius 2 is 1.01 bits per heavy atom. The van der Waals surface area contributed by atoms with Gasteiger partial charge in [0.2, 0.25) is 5.91 Å². The Hall–Kier alpha value is -2.90. The minimum atomic E-state index is -1.59. The van der Waals surface area contributed by atoms with Gasteiger partial charge in [-0.2, -0.15) is 0 Å². The summed E-state index contributed by atoms with van der Waals surface area (Å²) in [6, 6.07) is -0.847. The minimum absolute atomic E-state index is 0.0429. The van der Waals surface area contributed by atoms with E-state index in [0.717, 1.165) is 103 Å². The largest absolute Gasteiger partial charge is 0.466 e. The number of rotatable bonds is 47. The van der Waals surface area contributed by atoms with Gasteiger partial charge in [0.15, 0.2) is 6.29 Å². The third-order valence-electron chi connectivity index (χ3n) is 12.8. The molecule has 1 amide bonds. The molecule has 6 N–H and O–H groups in total. The Kier molecular flexibility index (Phi) is 45.0. The third kappa shape index (κ3) is 37.8. The monoisotopic (exact) mass is 986 g/mol. The average molecular weight is 986 g/mol. The molecule has 0 aromatic carbocycles. The minimum Gasteiger partial charge on any atom is -0.466 e. The highest BCUT2D eigenvalue weighted by molar-refractivity contribution is 5.76. The molecule has 0 spiro atoms. The standard InChI is InChI=1S/C59H103NO10/c1-3-5-7-9-11-13-15-16-20-24-27-31-35-39-43-47-55(64)68-48-44-40-36-32-28-25-22-19-17-18-21-23-26-30-34-38-42-46-54(63)60-51(50-69-59-58(67)57(66)56(65)53(49-61)70-59)52(62)45-41-37-33-29-14-12-10-8-6-4-2/h6,8,14,16-17,19-20,25,28-29,41,45,51-53,56-59,61-62,65-67H,3-5,7,9-13,15,18,21-24,26-27,30-40,42-44,46-50H2,1-2H3,(H,60,63)/b8-6+,19-17-,20-16-,28-25-,29-14+,45-41+. The van der Waals surface area contributed by atoms with Crippen molar-refractivity contribution in [2.45, 2.75) is 269 Å². The molecule has 0 aliphatic carbocycles. The number of carbonyl (C=O) groups is 2. The van der Waals surface area contributed by atoms with Crippen molar-refractivity contribution in [2.24, 2.45) is 0 Å². The van der Waals surface area contributed by atoms with Crippen LogP contribution >= 0.6 is 0 Å². The van der Waals surface area contributed by atoms with Crippen LogP contribution in [0.15, 0.2) is 72.9 Å². The Morgan fingerprint density at radius 3 is 1.57 bits per heavy atom. The van der Waals surface area contributed by atoms with E-state index in [1.165, 1.54) is 89.9 Å². The molecule has 1 rings (SSSR count). The Morgan fingerprint density at radius 1 is 0.543 bits per heavy atom. The molecule has 0 saturated carbocycles. The van der Waals surface area contributed by atoms with Gasteiger partial charge in [-0.25, -0.2) is 0 Å². The highest BCUT2D eigenvalue weighted by atomic mass is 16.7. The van der Waals surface area contributed by atoms with E-state index in [1.54, 1.807) is 6.08 Å². The van der Waals surface area contributed by atoms with Crippen LogP contribution in [0.3, 0.4) is 0 Å². The van der Waals surface area contributed by atoms with Gasteiger partial charge in [0, 0.05) is 12.8 Å². The lowest BCUT2D eigenvalue weighted by atomic mass is 9.99. The number of unbranched alkanes of at least 4 members (excludes halogenated alkanes) is 23. The molecule has 11 heteroatoms. The Labute approximate surface area is 426 Å². The molecule has 1 saturated heterocycles. The van der Waals surface area contributed by atoms with Gasteiger partial charge in [0.25, 0.3) is 0 Å². The van der Waals surface area contributed by atoms with Crippen LogP contribution in [0.5, 0.6) is 0 Å². The number of esters is 1. The van der Waals surface area contributed by atoms with Gasteiger partial charge in [0.1, 0.15) is 24.4 Å². The predicted octanol–water partition coefficient (Wildman–Crippen LogP) is 12.4. The van der Waals surface area contributed by atoms with Crippen molar-refractivity contribution in [1.29, 1.82) is 0 Å². The van der Waals surface area contributed by atoms with E-state index in [-0.39, 0.29) is 18.5 Å². The van der Waals surface area contributed by atoms with E-state index >= 15 is 0 Å². The van der Waals surface area contributed by atoms with E-state index in [9.17, 15) is 35.1 Å². The molecule has 0 bridgehead atoms. The fraction of sp³-hybridized carbons (Fsp3) is 0.763. The number of ether oxygens (including phenoxy) is 3. The normalized spacial score (nSPS) is 19.8. The predicted molar refractivity (Wildman–Crippen MR) is 287 cm³/mol. The van der Waals surface area contributed by atoms with Crippen LogP contribution in [0.4, 0.5) is 0 Å².